The summed E-state index contributed by atoms with van der Waals surface area (Å²) in [5.41, 5.74) is 0. The molecule has 0 aromatic rings. The van der Waals surface area contributed by atoms with Crippen molar-refractivity contribution in [1.82, 2.24) is 0 Å². The molecule has 2 heteroatoms. The van der Waals surface area contributed by atoms with Crippen molar-refractivity contribution in [2.45, 2.75) is 71.5 Å². The Morgan fingerprint density at radius 1 is 1.25 bits per heavy atom. The minimum atomic E-state index is 0.363. The van der Waals surface area contributed by atoms with Gasteiger partial charge >= 0.3 is 0 Å². The van der Waals surface area contributed by atoms with Crippen molar-refractivity contribution >= 4 is 0 Å². The molecule has 0 bridgehead atoms. The molecule has 3 atom stereocenters. The first kappa shape index (κ1) is 14.0. The van der Waals surface area contributed by atoms with Gasteiger partial charge in [0.15, 0.2) is 0 Å². The quantitative estimate of drug-likeness (QED) is 0.531. The monoisotopic (exact) mass is 228 g/mol. The molecule has 0 radical (unpaired) electrons. The van der Waals surface area contributed by atoms with Gasteiger partial charge in [0.1, 0.15) is 6.10 Å². The molecule has 1 saturated heterocycles. The van der Waals surface area contributed by atoms with Crippen LogP contribution in [0.1, 0.15) is 59.3 Å². The molecular formula is C14H28O2. The van der Waals surface area contributed by atoms with Gasteiger partial charge in [-0.05, 0) is 18.8 Å². The van der Waals surface area contributed by atoms with Crippen LogP contribution in [0.15, 0.2) is 0 Å². The van der Waals surface area contributed by atoms with E-state index >= 15 is 0 Å². The predicted octanol–water partition coefficient (Wildman–Crippen LogP) is 3.79. The van der Waals surface area contributed by atoms with Gasteiger partial charge in [-0.1, -0.05) is 46.5 Å². The van der Waals surface area contributed by atoms with Gasteiger partial charge in [0.05, 0.1) is 12.7 Å². The standard InChI is InChI=1S/C14H28O2/c1-4-7-8-12(6-3)10-13(14-11-16-14)15-9-5-2/h12-14H,4-11H2,1-3H3. The maximum Gasteiger partial charge on any atom is 0.107 e. The van der Waals surface area contributed by atoms with E-state index < -0.39 is 0 Å². The van der Waals surface area contributed by atoms with Crippen molar-refractivity contribution in [3.63, 3.8) is 0 Å². The van der Waals surface area contributed by atoms with Gasteiger partial charge < -0.3 is 9.47 Å². The first-order valence-electron chi connectivity index (χ1n) is 7.04. The second-order valence-corrected chi connectivity index (χ2v) is 4.93. The maximum atomic E-state index is 5.90. The lowest BCUT2D eigenvalue weighted by Gasteiger charge is -2.21. The maximum absolute atomic E-state index is 5.90. The summed E-state index contributed by atoms with van der Waals surface area (Å²) in [6, 6.07) is 0. The van der Waals surface area contributed by atoms with Crippen LogP contribution < -0.4 is 0 Å². The number of hydrogen-bond acceptors (Lipinski definition) is 2. The van der Waals surface area contributed by atoms with Gasteiger partial charge in [-0.3, -0.25) is 0 Å². The van der Waals surface area contributed by atoms with Crippen molar-refractivity contribution in [3.8, 4) is 0 Å². The summed E-state index contributed by atoms with van der Waals surface area (Å²) in [5, 5.41) is 0. The Morgan fingerprint density at radius 2 is 2.00 bits per heavy atom. The molecule has 3 unspecified atom stereocenters. The zero-order valence-electron chi connectivity index (χ0n) is 11.2. The molecule has 0 aromatic heterocycles. The number of unbranched alkanes of at least 4 members (excludes halogenated alkanes) is 1. The summed E-state index contributed by atoms with van der Waals surface area (Å²) in [6.07, 6.45) is 8.35. The summed E-state index contributed by atoms with van der Waals surface area (Å²) in [7, 11) is 0. The highest BCUT2D eigenvalue weighted by molar-refractivity contribution is 4.82. The fourth-order valence-electron chi connectivity index (χ4n) is 2.18. The number of ether oxygens (including phenoxy) is 2. The largest absolute Gasteiger partial charge is 0.375 e. The van der Waals surface area contributed by atoms with Gasteiger partial charge in [0.2, 0.25) is 0 Å². The van der Waals surface area contributed by atoms with Crippen molar-refractivity contribution < 1.29 is 9.47 Å². The predicted molar refractivity (Wildman–Crippen MR) is 67.7 cm³/mol. The van der Waals surface area contributed by atoms with Crippen molar-refractivity contribution in [2.75, 3.05) is 13.2 Å². The topological polar surface area (TPSA) is 21.8 Å². The van der Waals surface area contributed by atoms with Crippen LogP contribution in [0.2, 0.25) is 0 Å². The van der Waals surface area contributed by atoms with E-state index in [0.29, 0.717) is 12.2 Å². The highest BCUT2D eigenvalue weighted by Crippen LogP contribution is 2.27. The fraction of sp³-hybridized carbons (Fsp3) is 1.00. The Kier molecular flexibility index (Phi) is 7.06. The number of rotatable bonds is 10. The van der Waals surface area contributed by atoms with Crippen molar-refractivity contribution in [1.29, 1.82) is 0 Å². The molecule has 0 spiro atoms. The molecule has 2 nitrogen and oxygen atoms in total. The van der Waals surface area contributed by atoms with Crippen molar-refractivity contribution in [3.05, 3.63) is 0 Å². The van der Waals surface area contributed by atoms with Gasteiger partial charge in [0.25, 0.3) is 0 Å². The normalized spacial score (nSPS) is 23.1. The average molecular weight is 228 g/mol. The number of epoxide rings is 1. The SMILES string of the molecule is CCCCC(CC)CC(OCCC)C1CO1. The summed E-state index contributed by atoms with van der Waals surface area (Å²) in [4.78, 5) is 0. The third-order valence-electron chi connectivity index (χ3n) is 3.42. The smallest absolute Gasteiger partial charge is 0.107 e. The highest BCUT2D eigenvalue weighted by Gasteiger charge is 2.34. The first-order valence-corrected chi connectivity index (χ1v) is 7.04. The molecule has 96 valence electrons. The third kappa shape index (κ3) is 5.31. The zero-order chi connectivity index (χ0) is 11.8. The Balaban J connectivity index is 2.26. The second-order valence-electron chi connectivity index (χ2n) is 4.93. The van der Waals surface area contributed by atoms with E-state index in [9.17, 15) is 0 Å². The first-order chi connectivity index (χ1) is 7.81. The minimum Gasteiger partial charge on any atom is -0.375 e. The Morgan fingerprint density at radius 3 is 2.50 bits per heavy atom. The molecule has 0 N–H and O–H groups in total. The van der Waals surface area contributed by atoms with Crippen LogP contribution in [-0.4, -0.2) is 25.4 Å². The second kappa shape index (κ2) is 8.08. The van der Waals surface area contributed by atoms with E-state index in [4.69, 9.17) is 9.47 Å². The minimum absolute atomic E-state index is 0.363. The van der Waals surface area contributed by atoms with Gasteiger partial charge in [-0.2, -0.15) is 0 Å². The third-order valence-corrected chi connectivity index (χ3v) is 3.42. The van der Waals surface area contributed by atoms with Crippen LogP contribution in [-0.2, 0) is 9.47 Å². The van der Waals surface area contributed by atoms with Crippen molar-refractivity contribution in [2.24, 2.45) is 5.92 Å². The lowest BCUT2D eigenvalue weighted by Crippen LogP contribution is -2.24. The molecule has 1 fully saturated rings. The molecule has 1 rings (SSSR count). The molecule has 1 aliphatic rings. The zero-order valence-corrected chi connectivity index (χ0v) is 11.2. The summed E-state index contributed by atoms with van der Waals surface area (Å²) in [5.74, 6) is 0.825. The Hall–Kier alpha value is -0.0800. The summed E-state index contributed by atoms with van der Waals surface area (Å²) < 4.78 is 11.3. The van der Waals surface area contributed by atoms with Crippen LogP contribution >= 0.6 is 0 Å². The average Bonchev–Trinajstić information content (AvgIpc) is 3.12. The van der Waals surface area contributed by atoms with Crippen LogP contribution in [0.25, 0.3) is 0 Å². The lowest BCUT2D eigenvalue weighted by atomic mass is 9.92. The molecule has 0 amide bonds. The summed E-state index contributed by atoms with van der Waals surface area (Å²) in [6.45, 7) is 8.53. The molecule has 1 heterocycles. The van der Waals surface area contributed by atoms with Gasteiger partial charge in [-0.25, -0.2) is 0 Å². The van der Waals surface area contributed by atoms with E-state index in [2.05, 4.69) is 20.8 Å². The fourth-order valence-corrected chi connectivity index (χ4v) is 2.18. The molecule has 0 aromatic carbocycles. The van der Waals surface area contributed by atoms with Crippen LogP contribution in [0, 0.1) is 5.92 Å². The molecule has 16 heavy (non-hydrogen) atoms. The van der Waals surface area contributed by atoms with E-state index in [1.807, 2.05) is 0 Å². The van der Waals surface area contributed by atoms with Gasteiger partial charge in [-0.15, -0.1) is 0 Å². The van der Waals surface area contributed by atoms with Gasteiger partial charge in [0, 0.05) is 6.61 Å². The Bertz CT molecular complexity index is 166. The van der Waals surface area contributed by atoms with E-state index in [0.717, 1.165) is 25.6 Å². The molecule has 0 aliphatic carbocycles. The molecular weight excluding hydrogens is 200 g/mol. The summed E-state index contributed by atoms with van der Waals surface area (Å²) >= 11 is 0. The van der Waals surface area contributed by atoms with Crippen LogP contribution in [0.5, 0.6) is 0 Å². The van der Waals surface area contributed by atoms with Crippen LogP contribution in [0.4, 0.5) is 0 Å². The van der Waals surface area contributed by atoms with E-state index in [1.54, 1.807) is 0 Å². The van der Waals surface area contributed by atoms with E-state index in [1.165, 1.54) is 32.1 Å². The molecule has 0 saturated carbocycles. The number of hydrogen-bond donors (Lipinski definition) is 0. The lowest BCUT2D eigenvalue weighted by molar-refractivity contribution is 0.0162. The van der Waals surface area contributed by atoms with E-state index in [-0.39, 0.29) is 0 Å². The highest BCUT2D eigenvalue weighted by atomic mass is 16.6. The molecule has 1 aliphatic heterocycles. The van der Waals surface area contributed by atoms with Crippen LogP contribution in [0.3, 0.4) is 0 Å². The Labute approximate surface area is 101 Å².